The van der Waals surface area contributed by atoms with Gasteiger partial charge < -0.3 is 4.90 Å². The lowest BCUT2D eigenvalue weighted by Crippen LogP contribution is -2.42. The smallest absolute Gasteiger partial charge is 0.240 e. The normalized spacial score (nSPS) is 28.7. The molecule has 0 spiro atoms. The highest BCUT2D eigenvalue weighted by molar-refractivity contribution is 7.89. The summed E-state index contributed by atoms with van der Waals surface area (Å²) < 4.78 is 28.6. The fraction of sp³-hybridized carbons (Fsp3) is 0.667. The van der Waals surface area contributed by atoms with Crippen LogP contribution in [0.2, 0.25) is 0 Å². The largest absolute Gasteiger partial charge is 0.309 e. The highest BCUT2D eigenvalue weighted by Crippen LogP contribution is 2.38. The summed E-state index contributed by atoms with van der Waals surface area (Å²) in [5.74, 6) is 1.04. The van der Waals surface area contributed by atoms with Gasteiger partial charge in [0.05, 0.1) is 4.90 Å². The monoisotopic (exact) mass is 390 g/mol. The second kappa shape index (κ2) is 7.21. The second-order valence-corrected chi connectivity index (χ2v) is 10.5. The molecule has 0 aromatic heterocycles. The van der Waals surface area contributed by atoms with Gasteiger partial charge in [-0.1, -0.05) is 13.3 Å². The van der Waals surface area contributed by atoms with E-state index in [1.165, 1.54) is 0 Å². The van der Waals surface area contributed by atoms with Gasteiger partial charge >= 0.3 is 0 Å². The van der Waals surface area contributed by atoms with Crippen LogP contribution in [0.1, 0.15) is 64.4 Å². The molecule has 0 unspecified atom stereocenters. The first-order valence-electron chi connectivity index (χ1n) is 10.3. The van der Waals surface area contributed by atoms with E-state index in [9.17, 15) is 13.2 Å². The first-order chi connectivity index (χ1) is 12.8. The van der Waals surface area contributed by atoms with Crippen molar-refractivity contribution in [3.05, 3.63) is 23.8 Å². The molecule has 1 aromatic rings. The number of rotatable bonds is 4. The van der Waals surface area contributed by atoms with Crippen molar-refractivity contribution in [3.8, 4) is 0 Å². The fourth-order valence-corrected chi connectivity index (χ4v) is 5.98. The van der Waals surface area contributed by atoms with Gasteiger partial charge in [0, 0.05) is 23.7 Å². The molecule has 1 N–H and O–H groups in total. The van der Waals surface area contributed by atoms with E-state index in [-0.39, 0.29) is 23.9 Å². The average molecular weight is 391 g/mol. The van der Waals surface area contributed by atoms with E-state index >= 15 is 0 Å². The quantitative estimate of drug-likeness (QED) is 0.854. The zero-order chi connectivity index (χ0) is 19.2. The van der Waals surface area contributed by atoms with Crippen LogP contribution in [0.4, 0.5) is 5.69 Å². The third-order valence-corrected chi connectivity index (χ3v) is 8.12. The Hall–Kier alpha value is -1.40. The summed E-state index contributed by atoms with van der Waals surface area (Å²) in [6.07, 6.45) is 7.78. The van der Waals surface area contributed by atoms with Crippen molar-refractivity contribution in [1.29, 1.82) is 0 Å². The van der Waals surface area contributed by atoms with Gasteiger partial charge in [-0.15, -0.1) is 0 Å². The van der Waals surface area contributed by atoms with Crippen LogP contribution in [0.15, 0.2) is 23.1 Å². The molecule has 1 aromatic carbocycles. The highest BCUT2D eigenvalue weighted by atomic mass is 32.2. The molecule has 1 heterocycles. The van der Waals surface area contributed by atoms with Gasteiger partial charge in [-0.2, -0.15) is 0 Å². The van der Waals surface area contributed by atoms with Crippen LogP contribution in [0.5, 0.6) is 0 Å². The molecule has 2 fully saturated rings. The van der Waals surface area contributed by atoms with Crippen LogP contribution in [-0.4, -0.2) is 26.4 Å². The predicted octanol–water partition coefficient (Wildman–Crippen LogP) is 3.62. The van der Waals surface area contributed by atoms with Crippen LogP contribution >= 0.6 is 0 Å². The van der Waals surface area contributed by atoms with Crippen LogP contribution in [0.25, 0.3) is 0 Å². The Morgan fingerprint density at radius 3 is 2.41 bits per heavy atom. The SMILES string of the molecule is CC1CCC(NS(=O)(=O)c2ccc3c(c2)C[C@H](C)N3C(=O)C2CCC2)CC1. The van der Waals surface area contributed by atoms with Crippen molar-refractivity contribution in [2.24, 2.45) is 11.8 Å². The molecule has 3 aliphatic rings. The van der Waals surface area contributed by atoms with Gasteiger partial charge in [0.2, 0.25) is 15.9 Å². The zero-order valence-corrected chi connectivity index (χ0v) is 17.1. The van der Waals surface area contributed by atoms with Crippen LogP contribution < -0.4 is 9.62 Å². The van der Waals surface area contributed by atoms with E-state index < -0.39 is 10.0 Å². The molecule has 1 aliphatic heterocycles. The lowest BCUT2D eigenvalue weighted by atomic mass is 9.84. The van der Waals surface area contributed by atoms with E-state index in [4.69, 9.17) is 0 Å². The summed E-state index contributed by atoms with van der Waals surface area (Å²) >= 11 is 0. The zero-order valence-electron chi connectivity index (χ0n) is 16.3. The Balaban J connectivity index is 1.52. The molecule has 148 valence electrons. The third kappa shape index (κ3) is 3.66. The van der Waals surface area contributed by atoms with Crippen LogP contribution in [0, 0.1) is 11.8 Å². The van der Waals surface area contributed by atoms with Gasteiger partial charge in [-0.3, -0.25) is 4.79 Å². The predicted molar refractivity (Wildman–Crippen MR) is 106 cm³/mol. The van der Waals surface area contributed by atoms with E-state index in [0.717, 1.165) is 62.6 Å². The van der Waals surface area contributed by atoms with Gasteiger partial charge in [0.15, 0.2) is 0 Å². The number of fused-ring (bicyclic) bond motifs is 1. The summed E-state index contributed by atoms with van der Waals surface area (Å²) in [7, 11) is -3.52. The van der Waals surface area contributed by atoms with E-state index in [0.29, 0.717) is 10.8 Å². The lowest BCUT2D eigenvalue weighted by Gasteiger charge is -2.32. The standard InChI is InChI=1S/C21H30N2O3S/c1-14-6-8-18(9-7-14)22-27(25,26)19-10-11-20-17(13-19)12-15(2)23(20)21(24)16-4-3-5-16/h10-11,13-16,18,22H,3-9,12H2,1-2H3/t14?,15-,18?/m0/s1. The minimum Gasteiger partial charge on any atom is -0.309 e. The minimum atomic E-state index is -3.52. The molecule has 6 heteroatoms. The molecule has 4 rings (SSSR count). The Kier molecular flexibility index (Phi) is 5.06. The second-order valence-electron chi connectivity index (χ2n) is 8.76. The Labute approximate surface area is 162 Å². The van der Waals surface area contributed by atoms with Crippen molar-refractivity contribution in [1.82, 2.24) is 4.72 Å². The molecule has 2 aliphatic carbocycles. The van der Waals surface area contributed by atoms with Crippen molar-refractivity contribution in [2.75, 3.05) is 4.90 Å². The summed E-state index contributed by atoms with van der Waals surface area (Å²) in [6.45, 7) is 4.27. The van der Waals surface area contributed by atoms with Gasteiger partial charge in [-0.25, -0.2) is 13.1 Å². The molecule has 0 saturated heterocycles. The van der Waals surface area contributed by atoms with Crippen molar-refractivity contribution in [3.63, 3.8) is 0 Å². The van der Waals surface area contributed by atoms with Crippen molar-refractivity contribution < 1.29 is 13.2 Å². The number of carbonyl (C=O) groups excluding carboxylic acids is 1. The summed E-state index contributed by atoms with van der Waals surface area (Å²) in [5.41, 5.74) is 1.86. The van der Waals surface area contributed by atoms with Crippen LogP contribution in [-0.2, 0) is 21.2 Å². The van der Waals surface area contributed by atoms with Gasteiger partial charge in [0.1, 0.15) is 0 Å². The van der Waals surface area contributed by atoms with Gasteiger partial charge in [-0.05, 0) is 81.5 Å². The number of carbonyl (C=O) groups is 1. The molecule has 0 bridgehead atoms. The summed E-state index contributed by atoms with van der Waals surface area (Å²) in [6, 6.07) is 5.39. The molecule has 27 heavy (non-hydrogen) atoms. The fourth-order valence-electron chi connectivity index (χ4n) is 4.63. The topological polar surface area (TPSA) is 66.5 Å². The number of nitrogens with one attached hydrogen (secondary N) is 1. The van der Waals surface area contributed by atoms with Crippen molar-refractivity contribution in [2.45, 2.75) is 82.2 Å². The maximum absolute atomic E-state index is 12.9. The summed E-state index contributed by atoms with van der Waals surface area (Å²) in [5, 5.41) is 0. The third-order valence-electron chi connectivity index (χ3n) is 6.61. The maximum Gasteiger partial charge on any atom is 0.240 e. The Bertz CT molecular complexity index is 824. The summed E-state index contributed by atoms with van der Waals surface area (Å²) in [4.78, 5) is 15.0. The Morgan fingerprint density at radius 2 is 1.78 bits per heavy atom. The molecule has 1 amide bonds. The van der Waals surface area contributed by atoms with Crippen molar-refractivity contribution >= 4 is 21.6 Å². The van der Waals surface area contributed by atoms with E-state index in [1.807, 2.05) is 17.9 Å². The molecule has 5 nitrogen and oxygen atoms in total. The highest BCUT2D eigenvalue weighted by Gasteiger charge is 2.37. The molecule has 1 atom stereocenters. The van der Waals surface area contributed by atoms with E-state index in [1.54, 1.807) is 12.1 Å². The number of hydrogen-bond donors (Lipinski definition) is 1. The average Bonchev–Trinajstić information content (AvgIpc) is 2.90. The van der Waals surface area contributed by atoms with Gasteiger partial charge in [0.25, 0.3) is 0 Å². The lowest BCUT2D eigenvalue weighted by molar-refractivity contribution is -0.125. The van der Waals surface area contributed by atoms with Crippen LogP contribution in [0.3, 0.4) is 0 Å². The number of benzene rings is 1. The first kappa shape index (κ1) is 18.9. The number of sulfonamides is 1. The molecular weight excluding hydrogens is 360 g/mol. The minimum absolute atomic E-state index is 0.0371. The maximum atomic E-state index is 12.9. The molecular formula is C21H30N2O3S. The molecule has 0 radical (unpaired) electrons. The number of amides is 1. The Morgan fingerprint density at radius 1 is 1.07 bits per heavy atom. The number of nitrogens with zero attached hydrogens (tertiary/aromatic N) is 1. The first-order valence-corrected chi connectivity index (χ1v) is 11.8. The number of anilines is 1. The molecule has 2 saturated carbocycles. The number of hydrogen-bond acceptors (Lipinski definition) is 3. The van der Waals surface area contributed by atoms with E-state index in [2.05, 4.69) is 11.6 Å².